The Morgan fingerprint density at radius 2 is 2.15 bits per heavy atom. The molecule has 1 aromatic carbocycles. The Kier molecular flexibility index (Phi) is 5.05. The van der Waals surface area contributed by atoms with Gasteiger partial charge in [-0.3, -0.25) is 9.59 Å². The van der Waals surface area contributed by atoms with Gasteiger partial charge in [0.15, 0.2) is 0 Å². The van der Waals surface area contributed by atoms with E-state index in [1.165, 1.54) is 0 Å². The number of halogens is 2. The van der Waals surface area contributed by atoms with Gasteiger partial charge >= 0.3 is 5.97 Å². The van der Waals surface area contributed by atoms with Crippen molar-refractivity contribution in [2.45, 2.75) is 31.7 Å². The molecule has 1 unspecified atom stereocenters. The van der Waals surface area contributed by atoms with E-state index >= 15 is 0 Å². The molecule has 0 aliphatic carbocycles. The molecule has 108 valence electrons. The first-order chi connectivity index (χ1) is 9.50. The number of rotatable bonds is 3. The lowest BCUT2D eigenvalue weighted by Crippen LogP contribution is -2.44. The van der Waals surface area contributed by atoms with Crippen LogP contribution in [0.2, 0.25) is 5.02 Å². The first kappa shape index (κ1) is 15.3. The Morgan fingerprint density at radius 3 is 2.85 bits per heavy atom. The van der Waals surface area contributed by atoms with Crippen molar-refractivity contribution >= 4 is 39.4 Å². The lowest BCUT2D eigenvalue weighted by atomic mass is 9.98. The van der Waals surface area contributed by atoms with E-state index in [9.17, 15) is 9.59 Å². The van der Waals surface area contributed by atoms with Crippen LogP contribution < -0.4 is 0 Å². The smallest absolute Gasteiger partial charge is 0.305 e. The summed E-state index contributed by atoms with van der Waals surface area (Å²) in [5, 5.41) is 9.34. The van der Waals surface area contributed by atoms with Crippen molar-refractivity contribution in [3.8, 4) is 0 Å². The standard InChI is InChI=1S/C14H15BrClNO3/c15-11-6-3-5-10(13(11)16)14(20)17-7-2-1-4-9(17)8-12(18)19/h3,5-6,9H,1-2,4,7-8H2,(H,18,19). The summed E-state index contributed by atoms with van der Waals surface area (Å²) in [4.78, 5) is 25.2. The van der Waals surface area contributed by atoms with E-state index in [0.717, 1.165) is 19.3 Å². The number of carbonyl (C=O) groups excluding carboxylic acids is 1. The van der Waals surface area contributed by atoms with Crippen molar-refractivity contribution in [2.75, 3.05) is 6.54 Å². The third-order valence-electron chi connectivity index (χ3n) is 3.48. The van der Waals surface area contributed by atoms with Crippen molar-refractivity contribution in [1.29, 1.82) is 0 Å². The predicted molar refractivity (Wildman–Crippen MR) is 80.1 cm³/mol. The number of aliphatic carboxylic acids is 1. The highest BCUT2D eigenvalue weighted by Crippen LogP contribution is 2.29. The summed E-state index contributed by atoms with van der Waals surface area (Å²) in [7, 11) is 0. The third kappa shape index (κ3) is 3.33. The molecule has 0 spiro atoms. The predicted octanol–water partition coefficient (Wildman–Crippen LogP) is 3.57. The van der Waals surface area contributed by atoms with E-state index in [4.69, 9.17) is 16.7 Å². The van der Waals surface area contributed by atoms with E-state index in [1.54, 1.807) is 23.1 Å². The van der Waals surface area contributed by atoms with E-state index < -0.39 is 5.97 Å². The highest BCUT2D eigenvalue weighted by Gasteiger charge is 2.30. The molecule has 0 bridgehead atoms. The molecule has 1 saturated heterocycles. The molecule has 2 rings (SSSR count). The number of hydrogen-bond acceptors (Lipinski definition) is 2. The second kappa shape index (κ2) is 6.59. The zero-order valence-electron chi connectivity index (χ0n) is 10.8. The molecule has 1 heterocycles. The van der Waals surface area contributed by atoms with E-state index in [0.29, 0.717) is 21.6 Å². The van der Waals surface area contributed by atoms with Gasteiger partial charge in [-0.15, -0.1) is 0 Å². The van der Waals surface area contributed by atoms with Gasteiger partial charge in [0.05, 0.1) is 17.0 Å². The van der Waals surface area contributed by atoms with Gasteiger partial charge in [-0.2, -0.15) is 0 Å². The number of nitrogens with zero attached hydrogens (tertiary/aromatic N) is 1. The molecular formula is C14H15BrClNO3. The van der Waals surface area contributed by atoms with Crippen LogP contribution in [0, 0.1) is 0 Å². The van der Waals surface area contributed by atoms with Crippen LogP contribution in [0.4, 0.5) is 0 Å². The summed E-state index contributed by atoms with van der Waals surface area (Å²) >= 11 is 9.45. The van der Waals surface area contributed by atoms with Crippen LogP contribution in [0.1, 0.15) is 36.0 Å². The molecule has 1 aromatic rings. The summed E-state index contributed by atoms with van der Waals surface area (Å²) in [5.74, 6) is -1.07. The SMILES string of the molecule is O=C(O)CC1CCCCN1C(=O)c1cccc(Br)c1Cl. The van der Waals surface area contributed by atoms with Crippen LogP contribution in [0.5, 0.6) is 0 Å². The average molecular weight is 361 g/mol. The van der Waals surface area contributed by atoms with Gasteiger partial charge in [-0.05, 0) is 47.3 Å². The van der Waals surface area contributed by atoms with E-state index in [1.807, 2.05) is 0 Å². The van der Waals surface area contributed by atoms with E-state index in [2.05, 4.69) is 15.9 Å². The van der Waals surface area contributed by atoms with Gasteiger partial charge in [-0.1, -0.05) is 17.7 Å². The highest BCUT2D eigenvalue weighted by molar-refractivity contribution is 9.10. The number of carbonyl (C=O) groups is 2. The number of carboxylic acid groups (broad SMARTS) is 1. The second-order valence-electron chi connectivity index (χ2n) is 4.85. The van der Waals surface area contributed by atoms with Crippen LogP contribution in [0.25, 0.3) is 0 Å². The fourth-order valence-electron chi connectivity index (χ4n) is 2.51. The summed E-state index contributed by atoms with van der Waals surface area (Å²) < 4.78 is 0.664. The summed E-state index contributed by atoms with van der Waals surface area (Å²) in [6.07, 6.45) is 2.56. The number of likely N-dealkylation sites (tertiary alicyclic amines) is 1. The number of carboxylic acids is 1. The van der Waals surface area contributed by atoms with Gasteiger partial charge in [-0.25, -0.2) is 0 Å². The Labute approximate surface area is 130 Å². The van der Waals surface area contributed by atoms with Crippen molar-refractivity contribution in [3.05, 3.63) is 33.3 Å². The molecule has 0 radical (unpaired) electrons. The quantitative estimate of drug-likeness (QED) is 0.896. The average Bonchev–Trinajstić information content (AvgIpc) is 2.41. The lowest BCUT2D eigenvalue weighted by molar-refractivity contribution is -0.138. The Morgan fingerprint density at radius 1 is 1.40 bits per heavy atom. The molecule has 1 aliphatic rings. The molecule has 6 heteroatoms. The van der Waals surface area contributed by atoms with Crippen LogP contribution in [0.3, 0.4) is 0 Å². The second-order valence-corrected chi connectivity index (χ2v) is 6.08. The first-order valence-corrected chi connectivity index (χ1v) is 7.64. The minimum atomic E-state index is -0.880. The fraction of sp³-hybridized carbons (Fsp3) is 0.429. The number of hydrogen-bond donors (Lipinski definition) is 1. The monoisotopic (exact) mass is 359 g/mol. The molecule has 4 nitrogen and oxygen atoms in total. The molecule has 1 fully saturated rings. The van der Waals surface area contributed by atoms with Gasteiger partial charge in [0.25, 0.3) is 5.91 Å². The largest absolute Gasteiger partial charge is 0.481 e. The number of amides is 1. The van der Waals surface area contributed by atoms with Crippen molar-refractivity contribution in [1.82, 2.24) is 4.90 Å². The summed E-state index contributed by atoms with van der Waals surface area (Å²) in [5.41, 5.74) is 0.415. The third-order valence-corrected chi connectivity index (χ3v) is 4.78. The molecule has 1 aliphatic heterocycles. The first-order valence-electron chi connectivity index (χ1n) is 6.47. The molecule has 1 N–H and O–H groups in total. The minimum absolute atomic E-state index is 0.0165. The number of piperidine rings is 1. The van der Waals surface area contributed by atoms with Gasteiger partial charge < -0.3 is 10.0 Å². The highest BCUT2D eigenvalue weighted by atomic mass is 79.9. The minimum Gasteiger partial charge on any atom is -0.481 e. The zero-order chi connectivity index (χ0) is 14.7. The Balaban J connectivity index is 2.25. The Bertz CT molecular complexity index is 535. The van der Waals surface area contributed by atoms with Crippen molar-refractivity contribution in [3.63, 3.8) is 0 Å². The number of benzene rings is 1. The van der Waals surface area contributed by atoms with Crippen LogP contribution in [0.15, 0.2) is 22.7 Å². The summed E-state index contributed by atoms with van der Waals surface area (Å²) in [6, 6.07) is 4.94. The molecule has 1 amide bonds. The summed E-state index contributed by atoms with van der Waals surface area (Å²) in [6.45, 7) is 0.583. The lowest BCUT2D eigenvalue weighted by Gasteiger charge is -2.35. The molecule has 1 atom stereocenters. The molecule has 0 saturated carbocycles. The van der Waals surface area contributed by atoms with Gasteiger partial charge in [0.1, 0.15) is 0 Å². The topological polar surface area (TPSA) is 57.6 Å². The molecule has 20 heavy (non-hydrogen) atoms. The van der Waals surface area contributed by atoms with Crippen molar-refractivity contribution in [2.24, 2.45) is 0 Å². The van der Waals surface area contributed by atoms with Crippen molar-refractivity contribution < 1.29 is 14.7 Å². The maximum Gasteiger partial charge on any atom is 0.305 e. The van der Waals surface area contributed by atoms with Gasteiger partial charge in [0, 0.05) is 17.1 Å². The fourth-order valence-corrected chi connectivity index (χ4v) is 3.08. The van der Waals surface area contributed by atoms with E-state index in [-0.39, 0.29) is 18.4 Å². The normalized spacial score (nSPS) is 18.9. The molecular weight excluding hydrogens is 346 g/mol. The van der Waals surface area contributed by atoms with Crippen LogP contribution >= 0.6 is 27.5 Å². The van der Waals surface area contributed by atoms with Gasteiger partial charge in [0.2, 0.25) is 0 Å². The molecule has 0 aromatic heterocycles. The maximum atomic E-state index is 12.6. The van der Waals surface area contributed by atoms with Crippen LogP contribution in [-0.4, -0.2) is 34.5 Å². The maximum absolute atomic E-state index is 12.6. The Hall–Kier alpha value is -1.07. The van der Waals surface area contributed by atoms with Crippen LogP contribution in [-0.2, 0) is 4.79 Å². The zero-order valence-corrected chi connectivity index (χ0v) is 13.2.